The van der Waals surface area contributed by atoms with Crippen LogP contribution in [0.1, 0.15) is 21.9 Å². The quantitative estimate of drug-likeness (QED) is 0.620. The number of benzene rings is 2. The van der Waals surface area contributed by atoms with Gasteiger partial charge in [0.25, 0.3) is 5.91 Å². The average molecular weight is 397 g/mol. The summed E-state index contributed by atoms with van der Waals surface area (Å²) in [5.41, 5.74) is 1.96. The lowest BCUT2D eigenvalue weighted by Crippen LogP contribution is -2.16. The highest BCUT2D eigenvalue weighted by Gasteiger charge is 2.12. The van der Waals surface area contributed by atoms with Gasteiger partial charge in [0.1, 0.15) is 23.1 Å². The van der Waals surface area contributed by atoms with E-state index in [0.717, 1.165) is 17.7 Å². The number of nitrogens with one attached hydrogen (secondary N) is 2. The number of nitrogens with zero attached hydrogens (tertiary/aromatic N) is 2. The molecule has 0 saturated heterocycles. The maximum atomic E-state index is 12.5. The number of para-hydroxylation sites is 1. The molecule has 2 N–H and O–H groups in total. The Hall–Kier alpha value is -3.12. The molecule has 0 atom stereocenters. The fourth-order valence-corrected chi connectivity index (χ4v) is 2.87. The number of methoxy groups -OCH3 is 1. The molecule has 0 saturated carbocycles. The van der Waals surface area contributed by atoms with Crippen LogP contribution in [0.3, 0.4) is 0 Å². The van der Waals surface area contributed by atoms with Crippen molar-refractivity contribution in [2.45, 2.75) is 13.3 Å². The highest BCUT2D eigenvalue weighted by atomic mass is 35.5. The molecule has 7 heteroatoms. The van der Waals surface area contributed by atoms with E-state index < -0.39 is 0 Å². The molecule has 0 unspecified atom stereocenters. The lowest BCUT2D eigenvalue weighted by molar-refractivity contribution is 0.102. The van der Waals surface area contributed by atoms with Crippen LogP contribution in [0.2, 0.25) is 5.02 Å². The summed E-state index contributed by atoms with van der Waals surface area (Å²) in [5.74, 6) is 1.60. The third-order valence-electron chi connectivity index (χ3n) is 4.05. The maximum Gasteiger partial charge on any atom is 0.274 e. The molecule has 6 nitrogen and oxygen atoms in total. The topological polar surface area (TPSA) is 76.1 Å². The van der Waals surface area contributed by atoms with Crippen LogP contribution >= 0.6 is 11.6 Å². The molecule has 3 rings (SSSR count). The minimum atomic E-state index is -0.338. The predicted octanol–water partition coefficient (Wildman–Crippen LogP) is 4.35. The van der Waals surface area contributed by atoms with Crippen LogP contribution in [-0.2, 0) is 6.42 Å². The van der Waals surface area contributed by atoms with Crippen molar-refractivity contribution in [3.8, 4) is 5.75 Å². The van der Waals surface area contributed by atoms with Crippen molar-refractivity contribution in [2.24, 2.45) is 0 Å². The van der Waals surface area contributed by atoms with Gasteiger partial charge in [0.15, 0.2) is 0 Å². The molecule has 144 valence electrons. The van der Waals surface area contributed by atoms with Crippen LogP contribution < -0.4 is 15.4 Å². The van der Waals surface area contributed by atoms with Gasteiger partial charge in [-0.1, -0.05) is 35.9 Å². The summed E-state index contributed by atoms with van der Waals surface area (Å²) in [4.78, 5) is 21.1. The van der Waals surface area contributed by atoms with Crippen LogP contribution in [0.5, 0.6) is 5.75 Å². The molecule has 0 spiro atoms. The Balaban J connectivity index is 1.65. The molecule has 0 aliphatic rings. The first-order chi connectivity index (χ1) is 13.5. The van der Waals surface area contributed by atoms with Crippen molar-refractivity contribution in [1.29, 1.82) is 0 Å². The molecule has 1 amide bonds. The lowest BCUT2D eigenvalue weighted by Gasteiger charge is -2.10. The van der Waals surface area contributed by atoms with Gasteiger partial charge in [0.05, 0.1) is 17.8 Å². The van der Waals surface area contributed by atoms with E-state index in [4.69, 9.17) is 16.3 Å². The molecule has 28 heavy (non-hydrogen) atoms. The smallest absolute Gasteiger partial charge is 0.274 e. The first-order valence-corrected chi connectivity index (χ1v) is 9.21. The second kappa shape index (κ2) is 9.19. The SMILES string of the molecule is COc1cccc(CCNc2cc(C(=O)Nc3ccccc3Cl)nc(C)n2)c1. The van der Waals surface area contributed by atoms with E-state index >= 15 is 0 Å². The van der Waals surface area contributed by atoms with Gasteiger partial charge >= 0.3 is 0 Å². The highest BCUT2D eigenvalue weighted by molar-refractivity contribution is 6.33. The van der Waals surface area contributed by atoms with Gasteiger partial charge in [-0.15, -0.1) is 0 Å². The van der Waals surface area contributed by atoms with Crippen molar-refractivity contribution in [3.05, 3.63) is 76.7 Å². The number of carbonyl (C=O) groups is 1. The summed E-state index contributed by atoms with van der Waals surface area (Å²) in [6.07, 6.45) is 0.793. The number of ether oxygens (including phenoxy) is 1. The van der Waals surface area contributed by atoms with Crippen molar-refractivity contribution < 1.29 is 9.53 Å². The van der Waals surface area contributed by atoms with Crippen molar-refractivity contribution >= 4 is 29.0 Å². The Morgan fingerprint density at radius 3 is 2.71 bits per heavy atom. The zero-order valence-corrected chi connectivity index (χ0v) is 16.5. The average Bonchev–Trinajstić information content (AvgIpc) is 2.69. The molecule has 2 aromatic carbocycles. The summed E-state index contributed by atoms with van der Waals surface area (Å²) < 4.78 is 5.24. The second-order valence-electron chi connectivity index (χ2n) is 6.15. The number of aryl methyl sites for hydroxylation is 1. The summed E-state index contributed by atoms with van der Waals surface area (Å²) in [5, 5.41) is 6.49. The minimum Gasteiger partial charge on any atom is -0.497 e. The van der Waals surface area contributed by atoms with E-state index in [1.165, 1.54) is 0 Å². The van der Waals surface area contributed by atoms with Crippen LogP contribution in [0.15, 0.2) is 54.6 Å². The molecule has 3 aromatic rings. The Morgan fingerprint density at radius 2 is 1.93 bits per heavy atom. The molecular formula is C21H21ClN4O2. The monoisotopic (exact) mass is 396 g/mol. The standard InChI is InChI=1S/C21H21ClN4O2/c1-14-24-19(21(27)26-18-9-4-3-8-17(18)22)13-20(25-14)23-11-10-15-6-5-7-16(12-15)28-2/h3-9,12-13H,10-11H2,1-2H3,(H,26,27)(H,23,24,25). The van der Waals surface area contributed by atoms with E-state index in [9.17, 15) is 4.79 Å². The lowest BCUT2D eigenvalue weighted by atomic mass is 10.1. The number of amides is 1. The predicted molar refractivity (Wildman–Crippen MR) is 111 cm³/mol. The minimum absolute atomic E-state index is 0.274. The number of carbonyl (C=O) groups excluding carboxylic acids is 1. The van der Waals surface area contributed by atoms with Crippen molar-refractivity contribution in [2.75, 3.05) is 24.3 Å². The second-order valence-corrected chi connectivity index (χ2v) is 6.56. The molecule has 0 radical (unpaired) electrons. The van der Waals surface area contributed by atoms with Gasteiger partial charge in [0, 0.05) is 12.6 Å². The molecule has 0 aliphatic carbocycles. The zero-order chi connectivity index (χ0) is 19.9. The van der Waals surface area contributed by atoms with Crippen molar-refractivity contribution in [1.82, 2.24) is 9.97 Å². The van der Waals surface area contributed by atoms with Gasteiger partial charge in [-0.3, -0.25) is 4.79 Å². The summed E-state index contributed by atoms with van der Waals surface area (Å²) in [7, 11) is 1.65. The Kier molecular flexibility index (Phi) is 6.45. The van der Waals surface area contributed by atoms with Gasteiger partial charge in [-0.2, -0.15) is 0 Å². The number of aromatic nitrogens is 2. The number of hydrogen-bond acceptors (Lipinski definition) is 5. The number of halogens is 1. The molecule has 0 fully saturated rings. The fourth-order valence-electron chi connectivity index (χ4n) is 2.69. The van der Waals surface area contributed by atoms with E-state index in [2.05, 4.69) is 20.6 Å². The van der Waals surface area contributed by atoms with Crippen LogP contribution in [0.25, 0.3) is 0 Å². The summed E-state index contributed by atoms with van der Waals surface area (Å²) in [6, 6.07) is 16.6. The molecular weight excluding hydrogens is 376 g/mol. The van der Waals surface area contributed by atoms with Gasteiger partial charge < -0.3 is 15.4 Å². The van der Waals surface area contributed by atoms with Crippen LogP contribution in [0.4, 0.5) is 11.5 Å². The number of hydrogen-bond donors (Lipinski definition) is 2. The number of rotatable bonds is 7. The largest absolute Gasteiger partial charge is 0.497 e. The maximum absolute atomic E-state index is 12.5. The third-order valence-corrected chi connectivity index (χ3v) is 4.38. The van der Waals surface area contributed by atoms with Crippen LogP contribution in [0, 0.1) is 6.92 Å². The molecule has 1 aromatic heterocycles. The molecule has 0 bridgehead atoms. The fraction of sp³-hybridized carbons (Fsp3) is 0.190. The highest BCUT2D eigenvalue weighted by Crippen LogP contribution is 2.21. The first-order valence-electron chi connectivity index (χ1n) is 8.83. The van der Waals surface area contributed by atoms with Crippen LogP contribution in [-0.4, -0.2) is 29.5 Å². The normalized spacial score (nSPS) is 10.4. The Labute approximate surface area is 168 Å². The van der Waals surface area contributed by atoms with Crippen molar-refractivity contribution in [3.63, 3.8) is 0 Å². The zero-order valence-electron chi connectivity index (χ0n) is 15.7. The summed E-state index contributed by atoms with van der Waals surface area (Å²) in [6.45, 7) is 2.41. The Morgan fingerprint density at radius 1 is 1.11 bits per heavy atom. The van der Waals surface area contributed by atoms with E-state index in [1.54, 1.807) is 44.4 Å². The van der Waals surface area contributed by atoms with E-state index in [0.29, 0.717) is 28.9 Å². The molecule has 1 heterocycles. The molecule has 0 aliphatic heterocycles. The van der Waals surface area contributed by atoms with E-state index in [-0.39, 0.29) is 11.6 Å². The van der Waals surface area contributed by atoms with Gasteiger partial charge in [-0.05, 0) is 43.2 Å². The third kappa shape index (κ3) is 5.20. The number of anilines is 2. The van der Waals surface area contributed by atoms with Gasteiger partial charge in [0.2, 0.25) is 0 Å². The first kappa shape index (κ1) is 19.6. The van der Waals surface area contributed by atoms with E-state index in [1.807, 2.05) is 24.3 Å². The Bertz CT molecular complexity index is 978. The summed E-state index contributed by atoms with van der Waals surface area (Å²) >= 11 is 6.10. The van der Waals surface area contributed by atoms with Gasteiger partial charge in [-0.25, -0.2) is 9.97 Å².